The number of hydrogen-bond donors (Lipinski definition) is 1. The van der Waals surface area contributed by atoms with Crippen LogP contribution in [0.3, 0.4) is 0 Å². The number of nitrogens with one attached hydrogen (secondary N) is 1. The van der Waals surface area contributed by atoms with Crippen LogP contribution in [-0.4, -0.2) is 16.2 Å². The van der Waals surface area contributed by atoms with Crippen LogP contribution in [0.4, 0.5) is 0 Å². The summed E-state index contributed by atoms with van der Waals surface area (Å²) in [4.78, 5) is 1.29. The summed E-state index contributed by atoms with van der Waals surface area (Å²) in [5.41, 5.74) is 1.38. The molecule has 0 aliphatic heterocycles. The fourth-order valence-electron chi connectivity index (χ4n) is 1.74. The van der Waals surface area contributed by atoms with E-state index < -0.39 is 0 Å². The van der Waals surface area contributed by atoms with Gasteiger partial charge < -0.3 is 5.32 Å². The zero-order chi connectivity index (χ0) is 11.7. The maximum Gasteiger partial charge on any atom is 0.158 e. The molecular weight excluding hydrogens is 250 g/mol. The lowest BCUT2D eigenvalue weighted by Crippen LogP contribution is -2.14. The molecule has 0 amide bonds. The summed E-state index contributed by atoms with van der Waals surface area (Å²) in [6.45, 7) is 3.05. The molecule has 0 saturated heterocycles. The van der Waals surface area contributed by atoms with Gasteiger partial charge in [0.2, 0.25) is 0 Å². The van der Waals surface area contributed by atoms with Crippen LogP contribution in [0.5, 0.6) is 0 Å². The fraction of sp³-hybridized carbons (Fsp3) is 0.500. The fourth-order valence-corrected chi connectivity index (χ4v) is 3.65. The van der Waals surface area contributed by atoms with E-state index in [1.165, 1.54) is 23.3 Å². The van der Waals surface area contributed by atoms with Crippen LogP contribution in [0.2, 0.25) is 0 Å². The molecule has 0 bridgehead atoms. The molecule has 0 spiro atoms. The Bertz CT molecular complexity index is 499. The van der Waals surface area contributed by atoms with Gasteiger partial charge in [0.15, 0.2) is 5.01 Å². The number of thiophene rings is 1. The number of nitrogens with zero attached hydrogens (tertiary/aromatic N) is 2. The minimum Gasteiger partial charge on any atom is -0.308 e. The predicted octanol–water partition coefficient (Wildman–Crippen LogP) is 3.08. The van der Waals surface area contributed by atoms with Crippen molar-refractivity contribution in [1.82, 2.24) is 15.5 Å². The lowest BCUT2D eigenvalue weighted by molar-refractivity contribution is 0.679. The zero-order valence-electron chi connectivity index (χ0n) is 9.77. The molecule has 5 heteroatoms. The van der Waals surface area contributed by atoms with Gasteiger partial charge in [-0.15, -0.1) is 21.5 Å². The van der Waals surface area contributed by atoms with Crippen LogP contribution in [0.25, 0.3) is 9.88 Å². The van der Waals surface area contributed by atoms with Crippen molar-refractivity contribution in [3.8, 4) is 9.88 Å². The Labute approximate surface area is 109 Å². The van der Waals surface area contributed by atoms with E-state index in [1.807, 2.05) is 0 Å². The van der Waals surface area contributed by atoms with E-state index in [4.69, 9.17) is 0 Å². The molecule has 1 aliphatic rings. The summed E-state index contributed by atoms with van der Waals surface area (Å²) in [7, 11) is 0. The monoisotopic (exact) mass is 265 g/mol. The van der Waals surface area contributed by atoms with Crippen molar-refractivity contribution in [2.75, 3.05) is 0 Å². The van der Waals surface area contributed by atoms with Crippen molar-refractivity contribution in [2.24, 2.45) is 0 Å². The molecule has 2 aromatic rings. The average molecular weight is 265 g/mol. The summed E-state index contributed by atoms with van der Waals surface area (Å²) in [5, 5.41) is 16.3. The van der Waals surface area contributed by atoms with Crippen LogP contribution in [0, 0.1) is 0 Å². The molecule has 17 heavy (non-hydrogen) atoms. The van der Waals surface area contributed by atoms with E-state index in [-0.39, 0.29) is 0 Å². The standard InChI is InChI=1S/C12H15N3S2/c1-2-8-5-6-16-11(8)12-15-14-10(17-12)7-13-9-3-4-9/h5-6,9,13H,2-4,7H2,1H3. The highest BCUT2D eigenvalue weighted by Crippen LogP contribution is 2.32. The van der Waals surface area contributed by atoms with E-state index in [0.717, 1.165) is 29.0 Å². The van der Waals surface area contributed by atoms with Gasteiger partial charge in [0.1, 0.15) is 5.01 Å². The molecule has 0 radical (unpaired) electrons. The summed E-state index contributed by atoms with van der Waals surface area (Å²) in [6, 6.07) is 2.92. The van der Waals surface area contributed by atoms with Crippen LogP contribution in [0.1, 0.15) is 30.3 Å². The van der Waals surface area contributed by atoms with Crippen molar-refractivity contribution < 1.29 is 0 Å². The number of aromatic nitrogens is 2. The van der Waals surface area contributed by atoms with Crippen LogP contribution in [0.15, 0.2) is 11.4 Å². The maximum absolute atomic E-state index is 4.30. The first kappa shape index (κ1) is 11.3. The Hall–Kier alpha value is -0.780. The van der Waals surface area contributed by atoms with Gasteiger partial charge in [-0.25, -0.2) is 0 Å². The van der Waals surface area contributed by atoms with Gasteiger partial charge in [-0.1, -0.05) is 18.3 Å². The Morgan fingerprint density at radius 1 is 1.41 bits per heavy atom. The molecule has 3 nitrogen and oxygen atoms in total. The highest BCUT2D eigenvalue weighted by molar-refractivity contribution is 7.20. The van der Waals surface area contributed by atoms with Crippen molar-refractivity contribution in [3.63, 3.8) is 0 Å². The van der Waals surface area contributed by atoms with Gasteiger partial charge in [0.05, 0.1) is 4.88 Å². The minimum atomic E-state index is 0.732. The molecule has 1 N–H and O–H groups in total. The Morgan fingerprint density at radius 3 is 3.06 bits per heavy atom. The van der Waals surface area contributed by atoms with Crippen LogP contribution >= 0.6 is 22.7 Å². The first-order valence-corrected chi connectivity index (χ1v) is 7.69. The summed E-state index contributed by atoms with van der Waals surface area (Å²) in [5.74, 6) is 0. The first-order valence-electron chi connectivity index (χ1n) is 5.99. The second-order valence-corrected chi connectivity index (χ2v) is 6.26. The Kier molecular flexibility index (Phi) is 3.22. The second kappa shape index (κ2) is 4.84. The molecule has 1 saturated carbocycles. The van der Waals surface area contributed by atoms with Gasteiger partial charge in [-0.2, -0.15) is 0 Å². The third-order valence-electron chi connectivity index (χ3n) is 2.91. The minimum absolute atomic E-state index is 0.732. The van der Waals surface area contributed by atoms with Crippen LogP contribution < -0.4 is 5.32 Å². The SMILES string of the molecule is CCc1ccsc1-c1nnc(CNC2CC2)s1. The predicted molar refractivity (Wildman–Crippen MR) is 72.5 cm³/mol. The summed E-state index contributed by atoms with van der Waals surface area (Å²) in [6.07, 6.45) is 3.70. The average Bonchev–Trinajstić information content (AvgIpc) is 2.89. The highest BCUT2D eigenvalue weighted by atomic mass is 32.1. The smallest absolute Gasteiger partial charge is 0.158 e. The van der Waals surface area contributed by atoms with Gasteiger partial charge in [0, 0.05) is 12.6 Å². The lowest BCUT2D eigenvalue weighted by atomic mass is 10.2. The molecule has 0 aromatic carbocycles. The zero-order valence-corrected chi connectivity index (χ0v) is 11.4. The van der Waals surface area contributed by atoms with Gasteiger partial charge >= 0.3 is 0 Å². The van der Waals surface area contributed by atoms with E-state index >= 15 is 0 Å². The maximum atomic E-state index is 4.30. The van der Waals surface area contributed by atoms with Crippen molar-refractivity contribution in [2.45, 2.75) is 38.8 Å². The molecule has 3 rings (SSSR count). The number of aryl methyl sites for hydroxylation is 1. The van der Waals surface area contributed by atoms with Gasteiger partial charge in [0.25, 0.3) is 0 Å². The Balaban J connectivity index is 1.74. The Morgan fingerprint density at radius 2 is 2.29 bits per heavy atom. The molecule has 2 heterocycles. The quantitative estimate of drug-likeness (QED) is 0.903. The molecular formula is C12H15N3S2. The molecule has 1 fully saturated rings. The number of rotatable bonds is 5. The normalized spacial score (nSPS) is 15.4. The molecule has 0 unspecified atom stereocenters. The summed E-state index contributed by atoms with van der Waals surface area (Å²) < 4.78 is 0. The molecule has 0 atom stereocenters. The lowest BCUT2D eigenvalue weighted by Gasteiger charge is -1.96. The summed E-state index contributed by atoms with van der Waals surface area (Å²) >= 11 is 3.48. The molecule has 1 aliphatic carbocycles. The topological polar surface area (TPSA) is 37.8 Å². The van der Waals surface area contributed by atoms with Gasteiger partial charge in [-0.3, -0.25) is 0 Å². The van der Waals surface area contributed by atoms with E-state index in [2.05, 4.69) is 33.9 Å². The van der Waals surface area contributed by atoms with Gasteiger partial charge in [-0.05, 0) is 36.3 Å². The third-order valence-corrected chi connectivity index (χ3v) is 4.94. The molecule has 2 aromatic heterocycles. The first-order chi connectivity index (χ1) is 8.36. The van der Waals surface area contributed by atoms with Crippen molar-refractivity contribution >= 4 is 22.7 Å². The van der Waals surface area contributed by atoms with Crippen molar-refractivity contribution in [3.05, 3.63) is 22.0 Å². The third kappa shape index (κ3) is 2.56. The number of hydrogen-bond acceptors (Lipinski definition) is 5. The molecule has 90 valence electrons. The largest absolute Gasteiger partial charge is 0.308 e. The van der Waals surface area contributed by atoms with E-state index in [1.54, 1.807) is 22.7 Å². The van der Waals surface area contributed by atoms with E-state index in [9.17, 15) is 0 Å². The van der Waals surface area contributed by atoms with E-state index in [0.29, 0.717) is 0 Å². The second-order valence-electron chi connectivity index (χ2n) is 4.28. The van der Waals surface area contributed by atoms with Crippen molar-refractivity contribution in [1.29, 1.82) is 0 Å². The van der Waals surface area contributed by atoms with Crippen LogP contribution in [-0.2, 0) is 13.0 Å². The highest BCUT2D eigenvalue weighted by Gasteiger charge is 2.21.